The number of nitrogens with one attached hydrogen (secondary N) is 1. The summed E-state index contributed by atoms with van der Waals surface area (Å²) in [5.41, 5.74) is 2.59. The first kappa shape index (κ1) is 19.6. The highest BCUT2D eigenvalue weighted by Crippen LogP contribution is 2.29. The Morgan fingerprint density at radius 2 is 2.07 bits per heavy atom. The molecule has 3 rings (SSSR count). The minimum atomic E-state index is -0.135. The number of imidazole rings is 1. The van der Waals surface area contributed by atoms with Crippen molar-refractivity contribution in [1.29, 1.82) is 0 Å². The predicted molar refractivity (Wildman–Crippen MR) is 112 cm³/mol. The van der Waals surface area contributed by atoms with Gasteiger partial charge in [0.1, 0.15) is 5.75 Å². The molecular weight excluding hydrogens is 382 g/mol. The lowest BCUT2D eigenvalue weighted by Crippen LogP contribution is -2.15. The molecule has 1 heterocycles. The number of thioether (sulfide) groups is 1. The number of carbonyl (C=O) groups is 1. The molecule has 0 aliphatic carbocycles. The Labute approximate surface area is 168 Å². The molecule has 0 unspecified atom stereocenters. The number of methoxy groups -OCH3 is 1. The number of hydrogen-bond acceptors (Lipinski definition) is 4. The van der Waals surface area contributed by atoms with Gasteiger partial charge in [0, 0.05) is 11.6 Å². The molecule has 142 valence electrons. The number of fused-ring (bicyclic) bond motifs is 1. The van der Waals surface area contributed by atoms with E-state index in [0.717, 1.165) is 22.7 Å². The first-order valence-corrected chi connectivity index (χ1v) is 10.1. The van der Waals surface area contributed by atoms with Crippen LogP contribution in [0.25, 0.3) is 11.0 Å². The highest BCUT2D eigenvalue weighted by Gasteiger charge is 2.15. The van der Waals surface area contributed by atoms with Crippen LogP contribution in [0.5, 0.6) is 5.75 Å². The summed E-state index contributed by atoms with van der Waals surface area (Å²) in [5.74, 6) is 1.16. The Morgan fingerprint density at radius 1 is 1.30 bits per heavy atom. The number of hydrogen-bond donors (Lipinski definition) is 1. The van der Waals surface area contributed by atoms with Gasteiger partial charge in [-0.05, 0) is 36.2 Å². The molecule has 2 aromatic carbocycles. The number of ether oxygens (including phenoxy) is 1. The molecule has 1 amide bonds. The van der Waals surface area contributed by atoms with Crippen molar-refractivity contribution < 1.29 is 9.53 Å². The third-order valence-electron chi connectivity index (χ3n) is 3.94. The first-order valence-electron chi connectivity index (χ1n) is 8.69. The van der Waals surface area contributed by atoms with Gasteiger partial charge in [0.25, 0.3) is 0 Å². The standard InChI is InChI=1S/C20H22ClN3O2S/c1-13(2)11-24-17-7-5-4-6-15(17)23-20(24)27-12-19(25)22-16-10-14(21)8-9-18(16)26-3/h4-10,13H,11-12H2,1-3H3,(H,22,25). The van der Waals surface area contributed by atoms with Crippen molar-refractivity contribution in [1.82, 2.24) is 9.55 Å². The highest BCUT2D eigenvalue weighted by molar-refractivity contribution is 7.99. The molecule has 3 aromatic rings. The molecule has 0 aliphatic heterocycles. The fourth-order valence-corrected chi connectivity index (χ4v) is 3.80. The van der Waals surface area contributed by atoms with Crippen LogP contribution >= 0.6 is 23.4 Å². The second kappa shape index (κ2) is 8.67. The van der Waals surface area contributed by atoms with E-state index in [0.29, 0.717) is 22.4 Å². The van der Waals surface area contributed by atoms with Gasteiger partial charge >= 0.3 is 0 Å². The van der Waals surface area contributed by atoms with Crippen molar-refractivity contribution in [3.8, 4) is 5.75 Å². The van der Waals surface area contributed by atoms with Crippen molar-refractivity contribution in [2.24, 2.45) is 5.92 Å². The van der Waals surface area contributed by atoms with E-state index in [-0.39, 0.29) is 11.7 Å². The van der Waals surface area contributed by atoms with Crippen molar-refractivity contribution in [2.45, 2.75) is 25.5 Å². The highest BCUT2D eigenvalue weighted by atomic mass is 35.5. The summed E-state index contributed by atoms with van der Waals surface area (Å²) >= 11 is 7.44. The number of anilines is 1. The second-order valence-electron chi connectivity index (χ2n) is 6.57. The molecule has 0 bridgehead atoms. The monoisotopic (exact) mass is 403 g/mol. The lowest BCUT2D eigenvalue weighted by Gasteiger charge is -2.12. The maximum Gasteiger partial charge on any atom is 0.234 e. The van der Waals surface area contributed by atoms with E-state index >= 15 is 0 Å². The second-order valence-corrected chi connectivity index (χ2v) is 7.95. The summed E-state index contributed by atoms with van der Waals surface area (Å²) in [6, 6.07) is 13.2. The van der Waals surface area contributed by atoms with Gasteiger partial charge in [0.2, 0.25) is 5.91 Å². The maximum atomic E-state index is 12.4. The van der Waals surface area contributed by atoms with Gasteiger partial charge in [-0.2, -0.15) is 0 Å². The molecule has 0 saturated carbocycles. The number of halogens is 1. The van der Waals surface area contributed by atoms with Crippen LogP contribution in [0.3, 0.4) is 0 Å². The summed E-state index contributed by atoms with van der Waals surface area (Å²) in [6.07, 6.45) is 0. The van der Waals surface area contributed by atoms with E-state index in [1.807, 2.05) is 18.2 Å². The van der Waals surface area contributed by atoms with Crippen LogP contribution in [0, 0.1) is 5.92 Å². The minimum Gasteiger partial charge on any atom is -0.495 e. The lowest BCUT2D eigenvalue weighted by atomic mass is 10.2. The van der Waals surface area contributed by atoms with Crippen LogP contribution in [0.2, 0.25) is 5.02 Å². The molecule has 7 heteroatoms. The van der Waals surface area contributed by atoms with Gasteiger partial charge in [0.15, 0.2) is 5.16 Å². The molecular formula is C20H22ClN3O2S. The molecule has 1 aromatic heterocycles. The number of nitrogens with zero attached hydrogens (tertiary/aromatic N) is 2. The molecule has 0 spiro atoms. The molecule has 27 heavy (non-hydrogen) atoms. The normalized spacial score (nSPS) is 11.1. The third-order valence-corrected chi connectivity index (χ3v) is 5.15. The Kier molecular flexibility index (Phi) is 6.29. The summed E-state index contributed by atoms with van der Waals surface area (Å²) in [4.78, 5) is 17.1. The Balaban J connectivity index is 1.75. The van der Waals surface area contributed by atoms with Gasteiger partial charge in [-0.15, -0.1) is 0 Å². The van der Waals surface area contributed by atoms with Gasteiger partial charge in [-0.25, -0.2) is 4.98 Å². The lowest BCUT2D eigenvalue weighted by molar-refractivity contribution is -0.113. The molecule has 0 saturated heterocycles. The number of amides is 1. The van der Waals surface area contributed by atoms with Crippen LogP contribution < -0.4 is 10.1 Å². The van der Waals surface area contributed by atoms with E-state index in [4.69, 9.17) is 21.3 Å². The minimum absolute atomic E-state index is 0.135. The van der Waals surface area contributed by atoms with E-state index in [1.165, 1.54) is 11.8 Å². The van der Waals surface area contributed by atoms with Crippen LogP contribution in [0.4, 0.5) is 5.69 Å². The zero-order chi connectivity index (χ0) is 19.4. The predicted octanol–water partition coefficient (Wildman–Crippen LogP) is 5.09. The largest absolute Gasteiger partial charge is 0.495 e. The third kappa shape index (κ3) is 4.76. The van der Waals surface area contributed by atoms with Crippen LogP contribution in [0.1, 0.15) is 13.8 Å². The van der Waals surface area contributed by atoms with Gasteiger partial charge < -0.3 is 14.6 Å². The average Bonchev–Trinajstić information content (AvgIpc) is 2.97. The summed E-state index contributed by atoms with van der Waals surface area (Å²) < 4.78 is 7.45. The van der Waals surface area contributed by atoms with E-state index in [2.05, 4.69) is 29.8 Å². The Morgan fingerprint density at radius 3 is 2.81 bits per heavy atom. The van der Waals surface area contributed by atoms with E-state index in [9.17, 15) is 4.79 Å². The molecule has 1 N–H and O–H groups in total. The SMILES string of the molecule is COc1ccc(Cl)cc1NC(=O)CSc1nc2ccccc2n1CC(C)C. The fourth-order valence-electron chi connectivity index (χ4n) is 2.80. The smallest absolute Gasteiger partial charge is 0.234 e. The molecule has 0 atom stereocenters. The van der Waals surface area contributed by atoms with Crippen molar-refractivity contribution in [2.75, 3.05) is 18.2 Å². The van der Waals surface area contributed by atoms with Crippen LogP contribution in [0.15, 0.2) is 47.6 Å². The Bertz CT molecular complexity index is 956. The number of para-hydroxylation sites is 2. The number of rotatable bonds is 7. The van der Waals surface area contributed by atoms with Crippen LogP contribution in [-0.4, -0.2) is 28.3 Å². The number of aromatic nitrogens is 2. The maximum absolute atomic E-state index is 12.4. The first-order chi connectivity index (χ1) is 13.0. The molecule has 0 radical (unpaired) electrons. The molecule has 0 fully saturated rings. The van der Waals surface area contributed by atoms with Gasteiger partial charge in [-0.1, -0.05) is 49.3 Å². The van der Waals surface area contributed by atoms with E-state index < -0.39 is 0 Å². The summed E-state index contributed by atoms with van der Waals surface area (Å²) in [5, 5.41) is 4.25. The zero-order valence-electron chi connectivity index (χ0n) is 15.5. The molecule has 0 aliphatic rings. The quantitative estimate of drug-likeness (QED) is 0.558. The van der Waals surface area contributed by atoms with Gasteiger partial charge in [-0.3, -0.25) is 4.79 Å². The van der Waals surface area contributed by atoms with Crippen molar-refractivity contribution in [3.63, 3.8) is 0 Å². The number of carbonyl (C=O) groups excluding carboxylic acids is 1. The van der Waals surface area contributed by atoms with Crippen molar-refractivity contribution >= 4 is 46.0 Å². The molecule has 5 nitrogen and oxygen atoms in total. The topological polar surface area (TPSA) is 56.1 Å². The summed E-state index contributed by atoms with van der Waals surface area (Å²) in [7, 11) is 1.56. The summed E-state index contributed by atoms with van der Waals surface area (Å²) in [6.45, 7) is 5.19. The van der Waals surface area contributed by atoms with Crippen LogP contribution in [-0.2, 0) is 11.3 Å². The van der Waals surface area contributed by atoms with Crippen molar-refractivity contribution in [3.05, 3.63) is 47.5 Å². The number of benzene rings is 2. The zero-order valence-corrected chi connectivity index (χ0v) is 17.1. The average molecular weight is 404 g/mol. The van der Waals surface area contributed by atoms with E-state index in [1.54, 1.807) is 25.3 Å². The van der Waals surface area contributed by atoms with Gasteiger partial charge in [0.05, 0.1) is 29.6 Å². The fraction of sp³-hybridized carbons (Fsp3) is 0.300. The Hall–Kier alpha value is -2.18.